The van der Waals surface area contributed by atoms with Crippen LogP contribution in [-0.2, 0) is 69.3 Å². The number of nitrogens with one attached hydrogen (secondary N) is 8. The summed E-state index contributed by atoms with van der Waals surface area (Å²) < 4.78 is 16.4. The summed E-state index contributed by atoms with van der Waals surface area (Å²) in [7, 11) is 0. The lowest BCUT2D eigenvalue weighted by molar-refractivity contribution is -0.157. The molecular weight excluding hydrogens is 1270 g/mol. The van der Waals surface area contributed by atoms with Gasteiger partial charge in [0.2, 0.25) is 35.4 Å². The number of aromatic nitrogens is 1. The molecule has 5 aromatic carbocycles. The summed E-state index contributed by atoms with van der Waals surface area (Å²) in [6.07, 6.45) is 3.88. The summed E-state index contributed by atoms with van der Waals surface area (Å²) in [4.78, 5) is 162. The summed E-state index contributed by atoms with van der Waals surface area (Å²) in [6, 6.07) is 30.3. The molecule has 0 saturated carbocycles. The molecule has 7 amide bonds. The van der Waals surface area contributed by atoms with Gasteiger partial charge in [0.25, 0.3) is 0 Å². The number of esters is 2. The molecule has 0 aliphatic heterocycles. The number of ether oxygens (including phenoxy) is 3. The molecule has 524 valence electrons. The number of rotatable bonds is 39. The van der Waals surface area contributed by atoms with E-state index >= 15 is 19.2 Å². The number of azide groups is 1. The summed E-state index contributed by atoms with van der Waals surface area (Å²) in [5, 5.41) is 31.8. The van der Waals surface area contributed by atoms with Crippen LogP contribution in [0.15, 0.2) is 163 Å². The molecule has 0 aliphatic rings. The molecule has 6 unspecified atom stereocenters. The number of benzene rings is 5. The van der Waals surface area contributed by atoms with E-state index in [1.165, 1.54) is 51.1 Å². The fraction of sp³-hybridized carbons (Fsp3) is 0.384. The summed E-state index contributed by atoms with van der Waals surface area (Å²) in [5.74, 6) is -11.0. The SMILES string of the molecule is C=CCCOC(=O)NC(CC(=O)c1ccccc1N=[N+]=[N-])C(=O)OC(C)C(NC(=O)C(CC(=O)OC(C)(C)C)NC(=O)C(CC(=O)NC(c1ccccc1)(c1ccccc1)c1ccccc1)NC(=O)C(Cc1c[nH]c2ccccc12)NC(=O)CCCCCCCCC)C(=O)NCC(=O)O. The van der Waals surface area contributed by atoms with Gasteiger partial charge in [-0.15, -0.1) is 6.58 Å². The lowest BCUT2D eigenvalue weighted by Gasteiger charge is -2.37. The van der Waals surface area contributed by atoms with Crippen LogP contribution in [0.1, 0.15) is 144 Å². The van der Waals surface area contributed by atoms with Gasteiger partial charge in [0.15, 0.2) is 5.78 Å². The maximum atomic E-state index is 15.5. The van der Waals surface area contributed by atoms with Crippen molar-refractivity contribution < 1.29 is 72.1 Å². The highest BCUT2D eigenvalue weighted by Crippen LogP contribution is 2.37. The van der Waals surface area contributed by atoms with Crippen LogP contribution in [0.2, 0.25) is 0 Å². The van der Waals surface area contributed by atoms with E-state index in [-0.39, 0.29) is 37.1 Å². The zero-order chi connectivity index (χ0) is 71.9. The second-order valence-corrected chi connectivity index (χ2v) is 24.6. The zero-order valence-electron chi connectivity index (χ0n) is 56.2. The molecule has 0 radical (unpaired) electrons. The molecule has 0 saturated heterocycles. The quantitative estimate of drug-likeness (QED) is 0.00200. The number of para-hydroxylation sites is 1. The number of ketones is 1. The molecule has 0 aliphatic carbocycles. The van der Waals surface area contributed by atoms with Crippen molar-refractivity contribution in [3.63, 3.8) is 0 Å². The van der Waals surface area contributed by atoms with Gasteiger partial charge in [-0.05, 0) is 74.4 Å². The zero-order valence-corrected chi connectivity index (χ0v) is 56.2. The standard InChI is InChI=1S/C73H87N11O15/c1-7-9-11-12-13-14-24-39-61(86)77-56(41-48-45-75-54-37-27-25-35-52(48)54)66(91)78-57(43-62(87)82-73(49-29-18-15-19-30-49,50-31-20-16-21-32-50)51-33-22-17-23-34-51)67(92)79-58(44-64(90)99-72(4,5)6)68(93)81-65(69(94)76-46-63(88)89)47(3)98-70(95)59(80-71(96)97-40-10-8-2)42-60(85)53-36-26-28-38-55(53)83-84-74/h8,15-23,25-38,45,47,56-59,65,75H,2,7,9-14,24,39-44,46H2,1,3-6H3,(H,76,94)(H,77,86)(H,78,91)(H,79,92)(H,80,96)(H,81,93)(H,82,87)(H,88,89). The molecular formula is C73H87N11O15. The Morgan fingerprint density at radius 3 is 1.79 bits per heavy atom. The van der Waals surface area contributed by atoms with Crippen LogP contribution in [0.25, 0.3) is 21.3 Å². The van der Waals surface area contributed by atoms with Crippen LogP contribution < -0.4 is 37.2 Å². The first kappa shape index (κ1) is 76.9. The summed E-state index contributed by atoms with van der Waals surface area (Å²) in [5.41, 5.74) is 9.36. The van der Waals surface area contributed by atoms with Gasteiger partial charge in [-0.25, -0.2) is 9.59 Å². The van der Waals surface area contributed by atoms with E-state index in [9.17, 15) is 44.2 Å². The van der Waals surface area contributed by atoms with Crippen molar-refractivity contribution in [2.75, 3.05) is 13.2 Å². The Morgan fingerprint density at radius 1 is 0.636 bits per heavy atom. The molecule has 26 heteroatoms. The molecule has 1 heterocycles. The Bertz CT molecular complexity index is 3720. The van der Waals surface area contributed by atoms with E-state index in [1.807, 2.05) is 54.6 Å². The topological polar surface area (TPSA) is 384 Å². The van der Waals surface area contributed by atoms with E-state index in [0.29, 0.717) is 28.7 Å². The predicted octanol–water partition coefficient (Wildman–Crippen LogP) is 9.04. The van der Waals surface area contributed by atoms with E-state index in [1.54, 1.807) is 66.9 Å². The number of carboxylic acids is 1. The molecule has 0 fully saturated rings. The second-order valence-electron chi connectivity index (χ2n) is 24.6. The van der Waals surface area contributed by atoms with Gasteiger partial charge >= 0.3 is 24.0 Å². The highest BCUT2D eigenvalue weighted by atomic mass is 16.6. The number of nitrogens with zero attached hydrogens (tertiary/aromatic N) is 3. The number of amides is 7. The number of aromatic amines is 1. The van der Waals surface area contributed by atoms with E-state index in [2.05, 4.69) is 65.7 Å². The molecule has 26 nitrogen and oxygen atoms in total. The average Bonchev–Trinajstić information content (AvgIpc) is 1.28. The van der Waals surface area contributed by atoms with Gasteiger partial charge in [-0.2, -0.15) is 0 Å². The predicted molar refractivity (Wildman–Crippen MR) is 368 cm³/mol. The number of unbranched alkanes of at least 4 members (excludes halogenated alkanes) is 6. The molecule has 6 aromatic rings. The number of fused-ring (bicyclic) bond motifs is 1. The molecule has 99 heavy (non-hydrogen) atoms. The first-order valence-corrected chi connectivity index (χ1v) is 32.8. The Kier molecular flexibility index (Phi) is 29.9. The normalized spacial score (nSPS) is 13.0. The number of carboxylic acid groups (broad SMARTS) is 1. The monoisotopic (exact) mass is 1360 g/mol. The van der Waals surface area contributed by atoms with Crippen LogP contribution in [0.5, 0.6) is 0 Å². The Labute approximate surface area is 574 Å². The number of H-pyrrole nitrogens is 1. The Balaban J connectivity index is 1.41. The van der Waals surface area contributed by atoms with Crippen molar-refractivity contribution in [2.24, 2.45) is 5.11 Å². The number of carbonyl (C=O) groups is 11. The number of Topliss-reactive ketones (excluding diaryl/α,β-unsaturated/α-hetero) is 1. The molecule has 9 N–H and O–H groups in total. The van der Waals surface area contributed by atoms with Gasteiger partial charge < -0.3 is 61.5 Å². The van der Waals surface area contributed by atoms with Gasteiger partial charge in [0, 0.05) is 52.5 Å². The minimum Gasteiger partial charge on any atom is -0.480 e. The summed E-state index contributed by atoms with van der Waals surface area (Å²) in [6.45, 7) is 10.1. The molecule has 1 aromatic heterocycles. The van der Waals surface area contributed by atoms with Crippen LogP contribution in [-0.4, -0.2) is 130 Å². The Morgan fingerprint density at radius 2 is 1.19 bits per heavy atom. The lowest BCUT2D eigenvalue weighted by Crippen LogP contribution is -2.61. The van der Waals surface area contributed by atoms with Crippen LogP contribution in [0.3, 0.4) is 0 Å². The van der Waals surface area contributed by atoms with Crippen molar-refractivity contribution in [3.05, 3.63) is 197 Å². The van der Waals surface area contributed by atoms with Gasteiger partial charge in [0.1, 0.15) is 54.0 Å². The fourth-order valence-corrected chi connectivity index (χ4v) is 11.0. The first-order valence-electron chi connectivity index (χ1n) is 32.8. The molecule has 6 atom stereocenters. The number of alkyl carbamates (subject to hydrolysis) is 1. The highest BCUT2D eigenvalue weighted by molar-refractivity contribution is 6.03. The minimum atomic E-state index is -2.11. The largest absolute Gasteiger partial charge is 0.480 e. The third-order valence-corrected chi connectivity index (χ3v) is 15.8. The average molecular weight is 1360 g/mol. The first-order chi connectivity index (χ1) is 47.5. The molecule has 0 bridgehead atoms. The Hall–Kier alpha value is -11.1. The molecule has 0 spiro atoms. The third-order valence-electron chi connectivity index (χ3n) is 15.8. The maximum Gasteiger partial charge on any atom is 0.407 e. The fourth-order valence-electron chi connectivity index (χ4n) is 11.0. The van der Waals surface area contributed by atoms with E-state index in [4.69, 9.17) is 14.2 Å². The van der Waals surface area contributed by atoms with E-state index in [0.717, 1.165) is 56.4 Å². The van der Waals surface area contributed by atoms with Crippen molar-refractivity contribution >= 4 is 81.8 Å². The number of hydrogen-bond donors (Lipinski definition) is 9. The van der Waals surface area contributed by atoms with Gasteiger partial charge in [-0.3, -0.25) is 43.2 Å². The number of carbonyl (C=O) groups excluding carboxylic acids is 10. The maximum absolute atomic E-state index is 15.5. The smallest absolute Gasteiger partial charge is 0.407 e. The van der Waals surface area contributed by atoms with Gasteiger partial charge in [0.05, 0.1) is 19.4 Å². The van der Waals surface area contributed by atoms with E-state index < -0.39 is 138 Å². The number of hydrogen-bond acceptors (Lipinski definition) is 15. The van der Waals surface area contributed by atoms with Crippen LogP contribution in [0.4, 0.5) is 10.5 Å². The van der Waals surface area contributed by atoms with Crippen molar-refractivity contribution in [1.29, 1.82) is 0 Å². The molecule has 6 rings (SSSR count). The highest BCUT2D eigenvalue weighted by Gasteiger charge is 2.42. The summed E-state index contributed by atoms with van der Waals surface area (Å²) >= 11 is 0. The minimum absolute atomic E-state index is 0.0598. The van der Waals surface area contributed by atoms with Gasteiger partial charge in [-0.1, -0.05) is 190 Å². The second kappa shape index (κ2) is 38.6. The third kappa shape index (κ3) is 23.9. The van der Waals surface area contributed by atoms with Crippen molar-refractivity contribution in [1.82, 2.24) is 42.2 Å². The lowest BCUT2D eigenvalue weighted by atomic mass is 9.77. The van der Waals surface area contributed by atoms with Crippen molar-refractivity contribution in [2.45, 2.75) is 166 Å². The number of aliphatic carboxylic acids is 1. The van der Waals surface area contributed by atoms with Crippen LogP contribution in [0, 0.1) is 0 Å². The van der Waals surface area contributed by atoms with Crippen molar-refractivity contribution in [3.8, 4) is 0 Å². The van der Waals surface area contributed by atoms with Crippen LogP contribution >= 0.6 is 0 Å².